The van der Waals surface area contributed by atoms with Crippen LogP contribution in [0.5, 0.6) is 6.01 Å². The Morgan fingerprint density at radius 2 is 1.81 bits per heavy atom. The molecular weight excluding hydrogens is 384 g/mol. The number of likely N-dealkylation sites (tertiary alicyclic amines) is 1. The summed E-state index contributed by atoms with van der Waals surface area (Å²) in [5.74, 6) is 1.47. The van der Waals surface area contributed by atoms with Gasteiger partial charge >= 0.3 is 6.01 Å². The lowest BCUT2D eigenvalue weighted by atomic mass is 9.94. The number of piperidine rings is 1. The van der Waals surface area contributed by atoms with E-state index in [1.165, 1.54) is 49.1 Å². The molecule has 1 aliphatic carbocycles. The Balaban J connectivity index is 1.37. The number of nitrogens with zero attached hydrogens (tertiary/aromatic N) is 3. The predicted octanol–water partition coefficient (Wildman–Crippen LogP) is 5.04. The van der Waals surface area contributed by atoms with Crippen LogP contribution in [0.1, 0.15) is 68.3 Å². The number of unbranched alkanes of at least 4 members (excludes halogenated alkanes) is 1. The topological polar surface area (TPSA) is 64.3 Å². The third kappa shape index (κ3) is 5.45. The minimum Gasteiger partial charge on any atom is -0.463 e. The van der Waals surface area contributed by atoms with Gasteiger partial charge in [-0.15, -0.1) is 0 Å². The number of aromatic nitrogens is 2. The van der Waals surface area contributed by atoms with Crippen LogP contribution in [0.4, 0.5) is 5.82 Å². The van der Waals surface area contributed by atoms with E-state index in [4.69, 9.17) is 10.5 Å². The molecule has 166 valence electrons. The fourth-order valence-corrected chi connectivity index (χ4v) is 4.59. The van der Waals surface area contributed by atoms with Crippen LogP contribution in [0, 0.1) is 5.92 Å². The molecule has 2 aliphatic rings. The van der Waals surface area contributed by atoms with Crippen molar-refractivity contribution in [3.05, 3.63) is 52.7 Å². The highest BCUT2D eigenvalue weighted by Crippen LogP contribution is 2.33. The van der Waals surface area contributed by atoms with Gasteiger partial charge in [0.15, 0.2) is 0 Å². The number of nitrogen functional groups attached to an aromatic ring is 1. The summed E-state index contributed by atoms with van der Waals surface area (Å²) in [6, 6.07) is 9.49. The largest absolute Gasteiger partial charge is 0.463 e. The summed E-state index contributed by atoms with van der Waals surface area (Å²) >= 11 is 0. The number of fused-ring (bicyclic) bond motifs is 1. The summed E-state index contributed by atoms with van der Waals surface area (Å²) in [6.07, 6.45) is 9.98. The van der Waals surface area contributed by atoms with Gasteiger partial charge in [-0.05, 0) is 67.8 Å². The first-order chi connectivity index (χ1) is 15.2. The number of hydrogen-bond acceptors (Lipinski definition) is 5. The molecule has 5 nitrogen and oxygen atoms in total. The van der Waals surface area contributed by atoms with Crippen LogP contribution in [0.3, 0.4) is 0 Å². The first-order valence-corrected chi connectivity index (χ1v) is 11.9. The van der Waals surface area contributed by atoms with Gasteiger partial charge in [-0.2, -0.15) is 9.97 Å². The maximum Gasteiger partial charge on any atom is 0.318 e. The van der Waals surface area contributed by atoms with Crippen LogP contribution in [-0.4, -0.2) is 34.6 Å². The number of nitrogens with two attached hydrogens (primary N) is 1. The van der Waals surface area contributed by atoms with E-state index in [2.05, 4.69) is 59.1 Å². The minimum absolute atomic E-state index is 0.402. The summed E-state index contributed by atoms with van der Waals surface area (Å²) in [6.45, 7) is 8.61. The molecule has 0 saturated carbocycles. The molecule has 1 aliphatic heterocycles. The molecule has 1 saturated heterocycles. The van der Waals surface area contributed by atoms with Gasteiger partial charge in [-0.1, -0.05) is 57.0 Å². The number of rotatable bonds is 9. The molecule has 4 rings (SSSR count). The lowest BCUT2D eigenvalue weighted by molar-refractivity contribution is 0.175. The average molecular weight is 421 g/mol. The highest BCUT2D eigenvalue weighted by atomic mass is 16.5. The van der Waals surface area contributed by atoms with Crippen molar-refractivity contribution < 1.29 is 4.74 Å². The number of hydrogen-bond donors (Lipinski definition) is 1. The fourth-order valence-electron chi connectivity index (χ4n) is 4.59. The fraction of sp³-hybridized carbons (Fsp3) is 0.538. The van der Waals surface area contributed by atoms with Gasteiger partial charge in [0.1, 0.15) is 5.82 Å². The monoisotopic (exact) mass is 420 g/mol. The van der Waals surface area contributed by atoms with Gasteiger partial charge in [0, 0.05) is 12.1 Å². The van der Waals surface area contributed by atoms with Crippen molar-refractivity contribution in [3.8, 4) is 6.01 Å². The van der Waals surface area contributed by atoms with E-state index in [1.807, 2.05) is 0 Å². The molecule has 2 heterocycles. The van der Waals surface area contributed by atoms with Crippen molar-refractivity contribution >= 4 is 11.4 Å². The van der Waals surface area contributed by atoms with Crippen LogP contribution in [0.2, 0.25) is 0 Å². The molecule has 1 fully saturated rings. The van der Waals surface area contributed by atoms with E-state index in [0.717, 1.165) is 49.4 Å². The van der Waals surface area contributed by atoms with Gasteiger partial charge < -0.3 is 10.5 Å². The normalized spacial score (nSPS) is 16.9. The van der Waals surface area contributed by atoms with Gasteiger partial charge in [0.25, 0.3) is 0 Å². The smallest absolute Gasteiger partial charge is 0.318 e. The molecular formula is C26H36N4O. The van der Waals surface area contributed by atoms with Crippen LogP contribution >= 0.6 is 0 Å². The van der Waals surface area contributed by atoms with E-state index < -0.39 is 0 Å². The average Bonchev–Trinajstić information content (AvgIpc) is 3.19. The molecule has 0 spiro atoms. The zero-order valence-electron chi connectivity index (χ0n) is 19.1. The third-order valence-electron chi connectivity index (χ3n) is 6.71. The van der Waals surface area contributed by atoms with Crippen molar-refractivity contribution in [2.45, 2.75) is 65.3 Å². The predicted molar refractivity (Wildman–Crippen MR) is 127 cm³/mol. The highest BCUT2D eigenvalue weighted by molar-refractivity contribution is 5.75. The standard InChI is InChI=1S/C26H36N4O/c1-3-5-16-31-26-28-24-22(10-11-23(24)25(27)29-26)17-20-6-8-21(9-7-20)18-30-14-12-19(4-2)13-15-30/h6-10,19H,3-5,11-18H2,1-2H3,(H2,27,28,29). The second-order valence-electron chi connectivity index (χ2n) is 8.98. The Kier molecular flexibility index (Phi) is 7.23. The quantitative estimate of drug-likeness (QED) is 0.576. The van der Waals surface area contributed by atoms with Gasteiger partial charge in [-0.3, -0.25) is 4.90 Å². The van der Waals surface area contributed by atoms with Gasteiger partial charge in [-0.25, -0.2) is 0 Å². The molecule has 0 atom stereocenters. The molecule has 1 aromatic heterocycles. The Morgan fingerprint density at radius 1 is 1.06 bits per heavy atom. The first-order valence-electron chi connectivity index (χ1n) is 11.9. The first kappa shape index (κ1) is 21.8. The molecule has 31 heavy (non-hydrogen) atoms. The van der Waals surface area contributed by atoms with Gasteiger partial charge in [0.05, 0.1) is 12.3 Å². The Labute approximate surface area is 186 Å². The summed E-state index contributed by atoms with van der Waals surface area (Å²) in [5, 5.41) is 0. The zero-order chi connectivity index (χ0) is 21.6. The van der Waals surface area contributed by atoms with E-state index in [1.54, 1.807) is 0 Å². The summed E-state index contributed by atoms with van der Waals surface area (Å²) < 4.78 is 5.72. The minimum atomic E-state index is 0.402. The number of allylic oxidation sites excluding steroid dienone is 2. The van der Waals surface area contributed by atoms with Crippen molar-refractivity contribution in [1.29, 1.82) is 0 Å². The molecule has 5 heteroatoms. The summed E-state index contributed by atoms with van der Waals surface area (Å²) in [7, 11) is 0. The van der Waals surface area contributed by atoms with Crippen LogP contribution < -0.4 is 10.5 Å². The van der Waals surface area contributed by atoms with Crippen LogP contribution in [-0.2, 0) is 19.4 Å². The highest BCUT2D eigenvalue weighted by Gasteiger charge is 2.22. The zero-order valence-corrected chi connectivity index (χ0v) is 19.1. The maximum atomic E-state index is 6.19. The second-order valence-corrected chi connectivity index (χ2v) is 8.98. The molecule has 0 radical (unpaired) electrons. The molecule has 1 aromatic carbocycles. The Bertz CT molecular complexity index is 898. The molecule has 2 aromatic rings. The molecule has 0 amide bonds. The molecule has 2 N–H and O–H groups in total. The Morgan fingerprint density at radius 3 is 2.52 bits per heavy atom. The van der Waals surface area contributed by atoms with Crippen molar-refractivity contribution in [2.75, 3.05) is 25.4 Å². The van der Waals surface area contributed by atoms with Crippen molar-refractivity contribution in [1.82, 2.24) is 14.9 Å². The van der Waals surface area contributed by atoms with Gasteiger partial charge in [0.2, 0.25) is 0 Å². The number of ether oxygens (including phenoxy) is 1. The van der Waals surface area contributed by atoms with E-state index in [0.29, 0.717) is 18.4 Å². The van der Waals surface area contributed by atoms with Crippen molar-refractivity contribution in [2.24, 2.45) is 5.92 Å². The molecule has 0 bridgehead atoms. The number of benzene rings is 1. The van der Waals surface area contributed by atoms with E-state index >= 15 is 0 Å². The number of anilines is 1. The lowest BCUT2D eigenvalue weighted by Gasteiger charge is -2.31. The summed E-state index contributed by atoms with van der Waals surface area (Å²) in [4.78, 5) is 11.6. The molecule has 0 unspecified atom stereocenters. The van der Waals surface area contributed by atoms with Crippen molar-refractivity contribution in [3.63, 3.8) is 0 Å². The van der Waals surface area contributed by atoms with E-state index in [-0.39, 0.29) is 0 Å². The Hall–Kier alpha value is -2.40. The third-order valence-corrected chi connectivity index (χ3v) is 6.71. The SMILES string of the molecule is CCCCOc1nc(N)c2c(n1)C(Cc1ccc(CN3CCC(CC)CC3)cc1)=CC2. The summed E-state index contributed by atoms with van der Waals surface area (Å²) in [5.41, 5.74) is 12.1. The lowest BCUT2D eigenvalue weighted by Crippen LogP contribution is -2.32. The maximum absolute atomic E-state index is 6.19. The van der Waals surface area contributed by atoms with Crippen LogP contribution in [0.25, 0.3) is 5.57 Å². The van der Waals surface area contributed by atoms with E-state index in [9.17, 15) is 0 Å². The second kappa shape index (κ2) is 10.3. The van der Waals surface area contributed by atoms with Crippen LogP contribution in [0.15, 0.2) is 30.3 Å².